The number of amides is 2. The highest BCUT2D eigenvalue weighted by Crippen LogP contribution is 2.23. The number of rotatable bonds is 4. The summed E-state index contributed by atoms with van der Waals surface area (Å²) in [5, 5.41) is 15.1. The second-order valence-electron chi connectivity index (χ2n) is 5.26. The molecule has 1 aromatic rings. The Kier molecular flexibility index (Phi) is 5.29. The van der Waals surface area contributed by atoms with Gasteiger partial charge in [-0.3, -0.25) is 0 Å². The number of nitrogens with zero attached hydrogens (tertiary/aromatic N) is 2. The maximum atomic E-state index is 11.8. The lowest BCUT2D eigenvalue weighted by Gasteiger charge is -2.25. The lowest BCUT2D eigenvalue weighted by molar-refractivity contribution is 0.101. The van der Waals surface area contributed by atoms with Crippen LogP contribution in [0.3, 0.4) is 0 Å². The normalized spacial score (nSPS) is 22.3. The summed E-state index contributed by atoms with van der Waals surface area (Å²) in [5.74, 6) is 1.12. The van der Waals surface area contributed by atoms with E-state index < -0.39 is 0 Å². The van der Waals surface area contributed by atoms with Gasteiger partial charge in [-0.25, -0.2) is 14.8 Å². The highest BCUT2D eigenvalue weighted by Gasteiger charge is 2.20. The Labute approximate surface area is 119 Å². The summed E-state index contributed by atoms with van der Waals surface area (Å²) in [6, 6.07) is -0.252. The van der Waals surface area contributed by atoms with Crippen LogP contribution in [0.1, 0.15) is 38.4 Å². The third-order valence-corrected chi connectivity index (χ3v) is 3.59. The van der Waals surface area contributed by atoms with Crippen molar-refractivity contribution in [2.45, 2.75) is 45.1 Å². The molecule has 0 bridgehead atoms. The zero-order valence-corrected chi connectivity index (χ0v) is 11.8. The minimum absolute atomic E-state index is 0.214. The average Bonchev–Trinajstić information content (AvgIpc) is 2.46. The summed E-state index contributed by atoms with van der Waals surface area (Å²) in [7, 11) is 0. The topological polar surface area (TPSA) is 87.1 Å². The number of carbonyl (C=O) groups excluding carboxylic acids is 1. The van der Waals surface area contributed by atoms with Gasteiger partial charge in [0.1, 0.15) is 5.82 Å². The molecular formula is C14H22N4O2. The fourth-order valence-electron chi connectivity index (χ4n) is 2.46. The van der Waals surface area contributed by atoms with E-state index >= 15 is 0 Å². The van der Waals surface area contributed by atoms with Crippen molar-refractivity contribution in [3.63, 3.8) is 0 Å². The van der Waals surface area contributed by atoms with Crippen molar-refractivity contribution < 1.29 is 9.90 Å². The van der Waals surface area contributed by atoms with Gasteiger partial charge in [-0.15, -0.1) is 0 Å². The Bertz CT molecular complexity index is 435. The Hall–Kier alpha value is -1.69. The Balaban J connectivity index is 1.74. The van der Waals surface area contributed by atoms with Crippen molar-refractivity contribution in [1.29, 1.82) is 0 Å². The number of aliphatic hydroxyl groups is 1. The molecule has 6 nitrogen and oxygen atoms in total. The summed E-state index contributed by atoms with van der Waals surface area (Å²) < 4.78 is 0. The molecule has 2 amide bonds. The number of hydrogen-bond acceptors (Lipinski definition) is 4. The zero-order chi connectivity index (χ0) is 14.4. The Morgan fingerprint density at radius 3 is 2.80 bits per heavy atom. The van der Waals surface area contributed by atoms with Crippen LogP contribution in [0.25, 0.3) is 0 Å². The summed E-state index contributed by atoms with van der Waals surface area (Å²) in [4.78, 5) is 20.0. The van der Waals surface area contributed by atoms with E-state index in [1.807, 2.05) is 6.92 Å². The quantitative estimate of drug-likeness (QED) is 0.782. The smallest absolute Gasteiger partial charge is 0.319 e. The second-order valence-corrected chi connectivity index (χ2v) is 5.26. The van der Waals surface area contributed by atoms with Crippen LogP contribution >= 0.6 is 0 Å². The molecule has 2 atom stereocenters. The van der Waals surface area contributed by atoms with Gasteiger partial charge in [-0.05, 0) is 25.2 Å². The summed E-state index contributed by atoms with van der Waals surface area (Å²) in [6.45, 7) is 2.57. The van der Waals surface area contributed by atoms with Gasteiger partial charge in [0.2, 0.25) is 0 Å². The minimum Gasteiger partial charge on any atom is -0.393 e. The predicted molar refractivity (Wildman–Crippen MR) is 76.4 cm³/mol. The van der Waals surface area contributed by atoms with Crippen LogP contribution in [0.4, 0.5) is 10.5 Å². The molecule has 0 aliphatic heterocycles. The molecule has 0 radical (unpaired) electrons. The molecule has 110 valence electrons. The van der Waals surface area contributed by atoms with E-state index in [0.717, 1.165) is 37.9 Å². The van der Waals surface area contributed by atoms with E-state index in [0.29, 0.717) is 18.2 Å². The number of anilines is 1. The first-order chi connectivity index (χ1) is 9.67. The van der Waals surface area contributed by atoms with Gasteiger partial charge in [0.15, 0.2) is 0 Å². The monoisotopic (exact) mass is 278 g/mol. The molecule has 1 aliphatic rings. The number of urea groups is 1. The van der Waals surface area contributed by atoms with Crippen LogP contribution in [0, 0.1) is 5.92 Å². The molecule has 2 rings (SSSR count). The van der Waals surface area contributed by atoms with Crippen LogP contribution in [0.2, 0.25) is 0 Å². The molecule has 0 aromatic carbocycles. The van der Waals surface area contributed by atoms with Crippen molar-refractivity contribution in [3.05, 3.63) is 18.2 Å². The molecule has 3 N–H and O–H groups in total. The largest absolute Gasteiger partial charge is 0.393 e. The van der Waals surface area contributed by atoms with Crippen LogP contribution in [-0.2, 0) is 6.42 Å². The zero-order valence-electron chi connectivity index (χ0n) is 11.8. The molecule has 1 saturated carbocycles. The van der Waals surface area contributed by atoms with Crippen molar-refractivity contribution in [2.75, 3.05) is 11.9 Å². The SMILES string of the molecule is CCc1ncc(NC(=O)NCC2CCCC(O)C2)cn1. The molecule has 1 aliphatic carbocycles. The molecule has 0 spiro atoms. The Morgan fingerprint density at radius 2 is 2.15 bits per heavy atom. The molecule has 1 heterocycles. The maximum Gasteiger partial charge on any atom is 0.319 e. The number of carbonyl (C=O) groups is 1. The summed E-state index contributed by atoms with van der Waals surface area (Å²) in [5.41, 5.74) is 0.586. The van der Waals surface area contributed by atoms with Gasteiger partial charge in [-0.2, -0.15) is 0 Å². The minimum atomic E-state index is -0.252. The molecule has 2 unspecified atom stereocenters. The van der Waals surface area contributed by atoms with Crippen molar-refractivity contribution in [3.8, 4) is 0 Å². The van der Waals surface area contributed by atoms with Gasteiger partial charge >= 0.3 is 6.03 Å². The van der Waals surface area contributed by atoms with E-state index in [9.17, 15) is 9.90 Å². The average molecular weight is 278 g/mol. The van der Waals surface area contributed by atoms with Crippen LogP contribution in [0.15, 0.2) is 12.4 Å². The third kappa shape index (κ3) is 4.45. The fraction of sp³-hybridized carbons (Fsp3) is 0.643. The first-order valence-electron chi connectivity index (χ1n) is 7.21. The van der Waals surface area contributed by atoms with Gasteiger partial charge in [0.25, 0.3) is 0 Å². The lowest BCUT2D eigenvalue weighted by atomic mass is 9.87. The molecule has 6 heteroatoms. The Morgan fingerprint density at radius 1 is 1.40 bits per heavy atom. The molecular weight excluding hydrogens is 256 g/mol. The summed E-state index contributed by atoms with van der Waals surface area (Å²) in [6.07, 6.45) is 7.52. The van der Waals surface area contributed by atoms with Crippen molar-refractivity contribution in [1.82, 2.24) is 15.3 Å². The number of aryl methyl sites for hydroxylation is 1. The third-order valence-electron chi connectivity index (χ3n) is 3.59. The van der Waals surface area contributed by atoms with Gasteiger partial charge in [-0.1, -0.05) is 13.3 Å². The van der Waals surface area contributed by atoms with E-state index in [4.69, 9.17) is 0 Å². The molecule has 1 fully saturated rings. The first-order valence-corrected chi connectivity index (χ1v) is 7.21. The number of aliphatic hydroxyl groups excluding tert-OH is 1. The van der Waals surface area contributed by atoms with Crippen molar-refractivity contribution >= 4 is 11.7 Å². The molecule has 20 heavy (non-hydrogen) atoms. The molecule has 0 saturated heterocycles. The summed E-state index contributed by atoms with van der Waals surface area (Å²) >= 11 is 0. The number of aromatic nitrogens is 2. The standard InChI is InChI=1S/C14H22N4O2/c1-2-13-15-8-11(9-16-13)18-14(20)17-7-10-4-3-5-12(19)6-10/h8-10,12,19H,2-7H2,1H3,(H2,17,18,20). The predicted octanol–water partition coefficient (Wildman–Crippen LogP) is 1.71. The van der Waals surface area contributed by atoms with Gasteiger partial charge in [0, 0.05) is 13.0 Å². The van der Waals surface area contributed by atoms with Gasteiger partial charge < -0.3 is 15.7 Å². The van der Waals surface area contributed by atoms with Crippen LogP contribution < -0.4 is 10.6 Å². The molecule has 1 aromatic heterocycles. The maximum absolute atomic E-state index is 11.8. The number of hydrogen-bond donors (Lipinski definition) is 3. The van der Waals surface area contributed by atoms with Crippen LogP contribution in [0.5, 0.6) is 0 Å². The first kappa shape index (κ1) is 14.7. The number of nitrogens with one attached hydrogen (secondary N) is 2. The van der Waals surface area contributed by atoms with E-state index in [-0.39, 0.29) is 12.1 Å². The van der Waals surface area contributed by atoms with E-state index in [1.54, 1.807) is 12.4 Å². The lowest BCUT2D eigenvalue weighted by Crippen LogP contribution is -2.35. The highest BCUT2D eigenvalue weighted by atomic mass is 16.3. The van der Waals surface area contributed by atoms with Crippen LogP contribution in [-0.4, -0.2) is 33.8 Å². The fourth-order valence-corrected chi connectivity index (χ4v) is 2.46. The second kappa shape index (κ2) is 7.19. The van der Waals surface area contributed by atoms with E-state index in [1.165, 1.54) is 0 Å². The van der Waals surface area contributed by atoms with E-state index in [2.05, 4.69) is 20.6 Å². The highest BCUT2D eigenvalue weighted by molar-refractivity contribution is 5.88. The van der Waals surface area contributed by atoms with Crippen molar-refractivity contribution in [2.24, 2.45) is 5.92 Å². The van der Waals surface area contributed by atoms with Gasteiger partial charge in [0.05, 0.1) is 24.2 Å².